The summed E-state index contributed by atoms with van der Waals surface area (Å²) in [5.74, 6) is 0.360. The molecule has 0 bridgehead atoms. The van der Waals surface area contributed by atoms with E-state index in [0.29, 0.717) is 10.9 Å². The number of hydrogen-bond acceptors (Lipinski definition) is 4. The SMILES string of the molecule is Cc1ccc2nc(NC(=O)CSc3ccccc3)sc2c1. The number of carbonyl (C=O) groups excluding carboxylic acids is 1. The van der Waals surface area contributed by atoms with Crippen LogP contribution < -0.4 is 5.32 Å². The van der Waals surface area contributed by atoms with E-state index >= 15 is 0 Å². The number of benzene rings is 2. The molecule has 0 unspecified atom stereocenters. The number of rotatable bonds is 4. The lowest BCUT2D eigenvalue weighted by Crippen LogP contribution is -2.13. The van der Waals surface area contributed by atoms with Crippen LogP contribution >= 0.6 is 23.1 Å². The summed E-state index contributed by atoms with van der Waals surface area (Å²) >= 11 is 3.03. The fourth-order valence-corrected chi connectivity index (χ4v) is 3.61. The first-order valence-corrected chi connectivity index (χ1v) is 8.36. The molecule has 1 N–H and O–H groups in total. The Bertz CT molecular complexity index is 768. The van der Waals surface area contributed by atoms with Gasteiger partial charge in [0.15, 0.2) is 5.13 Å². The predicted octanol–water partition coefficient (Wildman–Crippen LogP) is 4.34. The molecule has 106 valence electrons. The van der Waals surface area contributed by atoms with Gasteiger partial charge in [-0.3, -0.25) is 4.79 Å². The molecule has 0 spiro atoms. The molecule has 0 aliphatic heterocycles. The molecule has 5 heteroatoms. The Labute approximate surface area is 131 Å². The molecule has 3 rings (SSSR count). The maximum atomic E-state index is 12.0. The number of thiazole rings is 1. The van der Waals surface area contributed by atoms with Crippen molar-refractivity contribution in [3.05, 3.63) is 54.1 Å². The predicted molar refractivity (Wildman–Crippen MR) is 90.2 cm³/mol. The van der Waals surface area contributed by atoms with Crippen molar-refractivity contribution in [3.63, 3.8) is 0 Å². The second-order valence-corrected chi connectivity index (χ2v) is 6.72. The van der Waals surface area contributed by atoms with E-state index in [9.17, 15) is 4.79 Å². The Morgan fingerprint density at radius 2 is 2.05 bits per heavy atom. The van der Waals surface area contributed by atoms with Crippen LogP contribution in [0.2, 0.25) is 0 Å². The number of aromatic nitrogens is 1. The zero-order chi connectivity index (χ0) is 14.7. The molecule has 0 saturated carbocycles. The Balaban J connectivity index is 1.63. The summed E-state index contributed by atoms with van der Waals surface area (Å²) in [5.41, 5.74) is 2.13. The minimum absolute atomic E-state index is 0.0281. The number of amides is 1. The van der Waals surface area contributed by atoms with Gasteiger partial charge in [-0.15, -0.1) is 11.8 Å². The van der Waals surface area contributed by atoms with Gasteiger partial charge in [-0.05, 0) is 36.8 Å². The van der Waals surface area contributed by atoms with E-state index in [-0.39, 0.29) is 5.91 Å². The minimum atomic E-state index is -0.0281. The van der Waals surface area contributed by atoms with Gasteiger partial charge in [0.25, 0.3) is 0 Å². The van der Waals surface area contributed by atoms with Crippen molar-refractivity contribution in [2.24, 2.45) is 0 Å². The number of nitrogens with zero attached hydrogens (tertiary/aromatic N) is 1. The van der Waals surface area contributed by atoms with E-state index in [1.807, 2.05) is 49.4 Å². The molecule has 1 heterocycles. The standard InChI is InChI=1S/C16H14N2OS2/c1-11-7-8-13-14(9-11)21-16(17-13)18-15(19)10-20-12-5-3-2-4-6-12/h2-9H,10H2,1H3,(H,17,18,19). The van der Waals surface area contributed by atoms with Gasteiger partial charge in [0.1, 0.15) is 0 Å². The average Bonchev–Trinajstić information content (AvgIpc) is 2.87. The fourth-order valence-electron chi connectivity index (χ4n) is 1.91. The summed E-state index contributed by atoms with van der Waals surface area (Å²) < 4.78 is 1.10. The maximum Gasteiger partial charge on any atom is 0.236 e. The third-order valence-corrected chi connectivity index (χ3v) is 4.85. The molecule has 0 aliphatic carbocycles. The molecule has 3 nitrogen and oxygen atoms in total. The highest BCUT2D eigenvalue weighted by molar-refractivity contribution is 8.00. The number of hydrogen-bond donors (Lipinski definition) is 1. The van der Waals surface area contributed by atoms with Crippen LogP contribution in [0.1, 0.15) is 5.56 Å². The Kier molecular flexibility index (Phi) is 4.22. The van der Waals surface area contributed by atoms with Crippen molar-refractivity contribution >= 4 is 44.4 Å². The Morgan fingerprint density at radius 3 is 2.86 bits per heavy atom. The van der Waals surface area contributed by atoms with Crippen molar-refractivity contribution in [2.45, 2.75) is 11.8 Å². The van der Waals surface area contributed by atoms with Crippen LogP contribution in [0.25, 0.3) is 10.2 Å². The van der Waals surface area contributed by atoms with Crippen molar-refractivity contribution in [1.29, 1.82) is 0 Å². The second kappa shape index (κ2) is 6.28. The van der Waals surface area contributed by atoms with Gasteiger partial charge in [0, 0.05) is 4.90 Å². The largest absolute Gasteiger partial charge is 0.301 e. The zero-order valence-corrected chi connectivity index (χ0v) is 13.1. The molecule has 0 atom stereocenters. The number of thioether (sulfide) groups is 1. The van der Waals surface area contributed by atoms with Crippen LogP contribution in [0.5, 0.6) is 0 Å². The van der Waals surface area contributed by atoms with Crippen molar-refractivity contribution in [1.82, 2.24) is 4.98 Å². The van der Waals surface area contributed by atoms with Crippen LogP contribution in [-0.4, -0.2) is 16.6 Å². The van der Waals surface area contributed by atoms with Gasteiger partial charge < -0.3 is 5.32 Å². The molecular formula is C16H14N2OS2. The summed E-state index contributed by atoms with van der Waals surface area (Å²) in [7, 11) is 0. The quantitative estimate of drug-likeness (QED) is 0.729. The van der Waals surface area contributed by atoms with Gasteiger partial charge in [0.05, 0.1) is 16.0 Å². The van der Waals surface area contributed by atoms with Crippen molar-refractivity contribution in [3.8, 4) is 0 Å². The van der Waals surface area contributed by atoms with Crippen LogP contribution in [0.3, 0.4) is 0 Å². The lowest BCUT2D eigenvalue weighted by Gasteiger charge is -2.01. The molecular weight excluding hydrogens is 300 g/mol. The molecule has 21 heavy (non-hydrogen) atoms. The molecule has 0 aliphatic rings. The highest BCUT2D eigenvalue weighted by atomic mass is 32.2. The zero-order valence-electron chi connectivity index (χ0n) is 11.5. The van der Waals surface area contributed by atoms with Crippen molar-refractivity contribution < 1.29 is 4.79 Å². The second-order valence-electron chi connectivity index (χ2n) is 4.64. The third-order valence-electron chi connectivity index (χ3n) is 2.90. The maximum absolute atomic E-state index is 12.0. The van der Waals surface area contributed by atoms with Gasteiger partial charge in [-0.25, -0.2) is 4.98 Å². The van der Waals surface area contributed by atoms with Gasteiger partial charge in [-0.1, -0.05) is 35.6 Å². The molecule has 2 aromatic carbocycles. The van der Waals surface area contributed by atoms with Gasteiger partial charge in [0.2, 0.25) is 5.91 Å². The fraction of sp³-hybridized carbons (Fsp3) is 0.125. The average molecular weight is 314 g/mol. The van der Waals surface area contributed by atoms with Crippen molar-refractivity contribution in [2.75, 3.05) is 11.1 Å². The van der Waals surface area contributed by atoms with E-state index in [4.69, 9.17) is 0 Å². The summed E-state index contributed by atoms with van der Waals surface area (Å²) in [4.78, 5) is 17.5. The van der Waals surface area contributed by atoms with Crippen LogP contribution in [0.4, 0.5) is 5.13 Å². The summed E-state index contributed by atoms with van der Waals surface area (Å²) in [6.07, 6.45) is 0. The normalized spacial score (nSPS) is 10.7. The van der Waals surface area contributed by atoms with Gasteiger partial charge in [-0.2, -0.15) is 0 Å². The molecule has 3 aromatic rings. The lowest BCUT2D eigenvalue weighted by atomic mass is 10.2. The molecule has 0 radical (unpaired) electrons. The van der Waals surface area contributed by atoms with E-state index in [2.05, 4.69) is 16.4 Å². The first-order chi connectivity index (χ1) is 10.2. The topological polar surface area (TPSA) is 42.0 Å². The van der Waals surface area contributed by atoms with Gasteiger partial charge >= 0.3 is 0 Å². The number of nitrogens with one attached hydrogen (secondary N) is 1. The molecule has 0 fully saturated rings. The Morgan fingerprint density at radius 1 is 1.24 bits per heavy atom. The molecule has 1 aromatic heterocycles. The van der Waals surface area contributed by atoms with Crippen LogP contribution in [0, 0.1) is 6.92 Å². The summed E-state index contributed by atoms with van der Waals surface area (Å²) in [6.45, 7) is 2.05. The van der Waals surface area contributed by atoms with Crippen LogP contribution in [-0.2, 0) is 4.79 Å². The number of aryl methyl sites for hydroxylation is 1. The van der Waals surface area contributed by atoms with E-state index in [1.165, 1.54) is 28.7 Å². The smallest absolute Gasteiger partial charge is 0.236 e. The monoisotopic (exact) mass is 314 g/mol. The minimum Gasteiger partial charge on any atom is -0.301 e. The Hall–Kier alpha value is -1.85. The number of anilines is 1. The van der Waals surface area contributed by atoms with E-state index in [0.717, 1.165) is 15.1 Å². The highest BCUT2D eigenvalue weighted by Gasteiger charge is 2.08. The molecule has 1 amide bonds. The summed E-state index contributed by atoms with van der Waals surface area (Å²) in [6, 6.07) is 16.0. The first-order valence-electron chi connectivity index (χ1n) is 6.55. The van der Waals surface area contributed by atoms with E-state index in [1.54, 1.807) is 0 Å². The number of carbonyl (C=O) groups is 1. The lowest BCUT2D eigenvalue weighted by molar-refractivity contribution is -0.113. The molecule has 0 saturated heterocycles. The number of fused-ring (bicyclic) bond motifs is 1. The van der Waals surface area contributed by atoms with E-state index < -0.39 is 0 Å². The highest BCUT2D eigenvalue weighted by Crippen LogP contribution is 2.27. The third kappa shape index (κ3) is 3.62. The first kappa shape index (κ1) is 14.1. The van der Waals surface area contributed by atoms with Crippen LogP contribution in [0.15, 0.2) is 53.4 Å². The summed E-state index contributed by atoms with van der Waals surface area (Å²) in [5, 5.41) is 3.53.